The lowest BCUT2D eigenvalue weighted by Gasteiger charge is -2.12. The van der Waals surface area contributed by atoms with E-state index in [-0.39, 0.29) is 11.3 Å². The first kappa shape index (κ1) is 27.9. The fourth-order valence-corrected chi connectivity index (χ4v) is 4.28. The maximum atomic E-state index is 13.0. The fraction of sp³-hybridized carbons (Fsp3) is 0.0882. The summed E-state index contributed by atoms with van der Waals surface area (Å²) in [6.07, 6.45) is 1.47. The number of hydrazone groups is 1. The van der Waals surface area contributed by atoms with Gasteiger partial charge in [0.1, 0.15) is 18.1 Å². The van der Waals surface area contributed by atoms with Crippen molar-refractivity contribution in [2.24, 2.45) is 5.10 Å². The quantitative estimate of drug-likeness (QED) is 0.0917. The predicted molar refractivity (Wildman–Crippen MR) is 161 cm³/mol. The molecule has 5 rings (SSSR count). The molecule has 0 radical (unpaired) electrons. The van der Waals surface area contributed by atoms with Crippen molar-refractivity contribution in [2.45, 2.75) is 6.61 Å². The molecule has 0 fully saturated rings. The van der Waals surface area contributed by atoms with E-state index in [1.54, 1.807) is 48.5 Å². The summed E-state index contributed by atoms with van der Waals surface area (Å²) in [5.74, 6) is 0.856. The van der Waals surface area contributed by atoms with E-state index in [4.69, 9.17) is 18.9 Å². The molecule has 0 atom stereocenters. The van der Waals surface area contributed by atoms with Gasteiger partial charge in [0, 0.05) is 11.1 Å². The van der Waals surface area contributed by atoms with Crippen LogP contribution < -0.4 is 24.4 Å². The summed E-state index contributed by atoms with van der Waals surface area (Å²) < 4.78 is 22.1. The van der Waals surface area contributed by atoms with Gasteiger partial charge in [-0.3, -0.25) is 4.79 Å². The first-order valence-corrected chi connectivity index (χ1v) is 13.1. The minimum Gasteiger partial charge on any atom is -0.493 e. The number of nitrogens with one attached hydrogen (secondary N) is 1. The van der Waals surface area contributed by atoms with Crippen molar-refractivity contribution >= 4 is 28.9 Å². The largest absolute Gasteiger partial charge is 0.493 e. The number of esters is 1. The van der Waals surface area contributed by atoms with Crippen LogP contribution in [0.3, 0.4) is 0 Å². The van der Waals surface area contributed by atoms with Crippen LogP contribution in [0.4, 0.5) is 0 Å². The highest BCUT2D eigenvalue weighted by Crippen LogP contribution is 2.30. The molecular weight excluding hydrogens is 532 g/mol. The second-order valence-corrected chi connectivity index (χ2v) is 9.16. The highest BCUT2D eigenvalue weighted by atomic mass is 16.5. The molecule has 1 amide bonds. The van der Waals surface area contributed by atoms with E-state index in [0.717, 1.165) is 16.3 Å². The van der Waals surface area contributed by atoms with Crippen LogP contribution in [0.25, 0.3) is 10.8 Å². The molecule has 0 aliphatic rings. The lowest BCUT2D eigenvalue weighted by Crippen LogP contribution is -2.17. The lowest BCUT2D eigenvalue weighted by atomic mass is 10.0. The summed E-state index contributed by atoms with van der Waals surface area (Å²) in [4.78, 5) is 25.8. The zero-order chi connectivity index (χ0) is 29.3. The second kappa shape index (κ2) is 13.1. The van der Waals surface area contributed by atoms with Gasteiger partial charge < -0.3 is 18.9 Å². The van der Waals surface area contributed by atoms with Crippen molar-refractivity contribution in [1.29, 1.82) is 0 Å². The van der Waals surface area contributed by atoms with E-state index in [0.29, 0.717) is 35.0 Å². The third kappa shape index (κ3) is 6.56. The van der Waals surface area contributed by atoms with Crippen molar-refractivity contribution in [2.75, 3.05) is 14.2 Å². The van der Waals surface area contributed by atoms with Gasteiger partial charge in [0.25, 0.3) is 5.91 Å². The highest BCUT2D eigenvalue weighted by Gasteiger charge is 2.16. The number of hydrogen-bond acceptors (Lipinski definition) is 7. The van der Waals surface area contributed by atoms with Gasteiger partial charge in [-0.05, 0) is 64.9 Å². The molecule has 0 bridgehead atoms. The summed E-state index contributed by atoms with van der Waals surface area (Å²) in [6, 6.07) is 32.6. The Labute approximate surface area is 243 Å². The van der Waals surface area contributed by atoms with Crippen LogP contribution in [0.5, 0.6) is 23.0 Å². The molecule has 5 aromatic rings. The van der Waals surface area contributed by atoms with Gasteiger partial charge in [-0.25, -0.2) is 10.2 Å². The molecule has 0 aliphatic carbocycles. The van der Waals surface area contributed by atoms with Crippen molar-refractivity contribution in [3.63, 3.8) is 0 Å². The van der Waals surface area contributed by atoms with E-state index < -0.39 is 11.9 Å². The molecule has 0 heterocycles. The Bertz CT molecular complexity index is 1730. The highest BCUT2D eigenvalue weighted by molar-refractivity contribution is 6.04. The number of carbonyl (C=O) groups is 2. The van der Waals surface area contributed by atoms with Crippen LogP contribution in [-0.2, 0) is 6.61 Å². The number of amides is 1. The number of benzene rings is 5. The van der Waals surface area contributed by atoms with Crippen LogP contribution in [0, 0.1) is 0 Å². The molecule has 8 heteroatoms. The van der Waals surface area contributed by atoms with Crippen LogP contribution in [0.1, 0.15) is 31.8 Å². The summed E-state index contributed by atoms with van der Waals surface area (Å²) >= 11 is 0. The van der Waals surface area contributed by atoms with Gasteiger partial charge in [-0.2, -0.15) is 5.10 Å². The van der Waals surface area contributed by atoms with E-state index in [1.807, 2.05) is 60.7 Å². The normalized spacial score (nSPS) is 10.8. The Kier molecular flexibility index (Phi) is 8.74. The van der Waals surface area contributed by atoms with Gasteiger partial charge in [0.15, 0.2) is 11.5 Å². The number of hydrogen-bond donors (Lipinski definition) is 1. The second-order valence-electron chi connectivity index (χ2n) is 9.16. The Morgan fingerprint density at radius 1 is 0.738 bits per heavy atom. The zero-order valence-electron chi connectivity index (χ0n) is 23.1. The van der Waals surface area contributed by atoms with Crippen molar-refractivity contribution in [3.8, 4) is 23.0 Å². The van der Waals surface area contributed by atoms with Gasteiger partial charge in [0.05, 0.1) is 26.0 Å². The van der Waals surface area contributed by atoms with Crippen LogP contribution in [-0.4, -0.2) is 32.3 Å². The zero-order valence-corrected chi connectivity index (χ0v) is 23.1. The number of nitrogens with zero attached hydrogens (tertiary/aromatic N) is 1. The number of fused-ring (bicyclic) bond motifs is 1. The number of rotatable bonds is 10. The Morgan fingerprint density at radius 2 is 1.43 bits per heavy atom. The number of carbonyl (C=O) groups excluding carboxylic acids is 2. The van der Waals surface area contributed by atoms with Crippen molar-refractivity contribution in [3.05, 3.63) is 131 Å². The van der Waals surface area contributed by atoms with Gasteiger partial charge in [-0.15, -0.1) is 0 Å². The van der Waals surface area contributed by atoms with Crippen molar-refractivity contribution in [1.82, 2.24) is 5.43 Å². The monoisotopic (exact) mass is 560 g/mol. The molecule has 1 N–H and O–H groups in total. The lowest BCUT2D eigenvalue weighted by molar-refractivity contribution is 0.0734. The van der Waals surface area contributed by atoms with E-state index >= 15 is 0 Å². The predicted octanol–water partition coefficient (Wildman–Crippen LogP) is 6.42. The Morgan fingerprint density at radius 3 is 2.19 bits per heavy atom. The minimum atomic E-state index is -0.584. The summed E-state index contributed by atoms with van der Waals surface area (Å²) in [5, 5.41) is 5.89. The third-order valence-electron chi connectivity index (χ3n) is 6.48. The van der Waals surface area contributed by atoms with Crippen LogP contribution >= 0.6 is 0 Å². The maximum Gasteiger partial charge on any atom is 0.343 e. The standard InChI is InChI=1S/C34H28N2O6/c1-39-31-19-15-26(20-32(31)40-2)34(38)42-30-18-14-24-10-6-7-11-28(24)29(30)21-35-36-33(37)25-12-16-27(17-13-25)41-22-23-8-4-3-5-9-23/h3-21H,22H2,1-2H3,(H,36,37)/b35-21+. The number of ether oxygens (including phenoxy) is 4. The SMILES string of the molecule is COc1ccc(C(=O)Oc2ccc3ccccc3c2/C=N/NC(=O)c2ccc(OCc3ccccc3)cc2)cc1OC. The first-order chi connectivity index (χ1) is 20.6. The molecule has 0 unspecified atom stereocenters. The van der Waals surface area contributed by atoms with Gasteiger partial charge in [0.2, 0.25) is 0 Å². The Hall–Kier alpha value is -5.63. The molecule has 0 saturated heterocycles. The third-order valence-corrected chi connectivity index (χ3v) is 6.48. The molecule has 0 saturated carbocycles. The number of methoxy groups -OCH3 is 2. The van der Waals surface area contributed by atoms with Crippen LogP contribution in [0.15, 0.2) is 114 Å². The maximum absolute atomic E-state index is 13.0. The van der Waals surface area contributed by atoms with Crippen molar-refractivity contribution < 1.29 is 28.5 Å². The molecule has 42 heavy (non-hydrogen) atoms. The van der Waals surface area contributed by atoms with E-state index in [9.17, 15) is 9.59 Å². The average molecular weight is 561 g/mol. The molecule has 0 aliphatic heterocycles. The topological polar surface area (TPSA) is 95.5 Å². The molecule has 210 valence electrons. The summed E-state index contributed by atoms with van der Waals surface area (Å²) in [7, 11) is 3.01. The summed E-state index contributed by atoms with van der Waals surface area (Å²) in [6.45, 7) is 0.431. The minimum absolute atomic E-state index is 0.284. The molecule has 8 nitrogen and oxygen atoms in total. The molecule has 5 aromatic carbocycles. The summed E-state index contributed by atoms with van der Waals surface area (Å²) in [5.41, 5.74) is 4.83. The smallest absolute Gasteiger partial charge is 0.343 e. The fourth-order valence-electron chi connectivity index (χ4n) is 4.28. The van der Waals surface area contributed by atoms with E-state index in [2.05, 4.69) is 10.5 Å². The molecule has 0 spiro atoms. The van der Waals surface area contributed by atoms with E-state index in [1.165, 1.54) is 20.4 Å². The average Bonchev–Trinajstić information content (AvgIpc) is 3.04. The Balaban J connectivity index is 1.30. The molecule has 0 aromatic heterocycles. The van der Waals surface area contributed by atoms with Gasteiger partial charge >= 0.3 is 5.97 Å². The van der Waals surface area contributed by atoms with Gasteiger partial charge in [-0.1, -0.05) is 60.7 Å². The first-order valence-electron chi connectivity index (χ1n) is 13.1. The molecular formula is C34H28N2O6. The van der Waals surface area contributed by atoms with Crippen LogP contribution in [0.2, 0.25) is 0 Å².